The Balaban J connectivity index is 2.43. The highest BCUT2D eigenvalue weighted by molar-refractivity contribution is 5.90. The van der Waals surface area contributed by atoms with Crippen LogP contribution in [0.2, 0.25) is 0 Å². The number of carboxylic acid groups (broad SMARTS) is 2. The number of Topliss-reactive ketones (excluding diaryl/α,β-unsaturated/α-hetero) is 1. The minimum absolute atomic E-state index is 0.0586. The third-order valence-corrected chi connectivity index (χ3v) is 5.42. The predicted molar refractivity (Wildman–Crippen MR) is 97.7 cm³/mol. The maximum Gasteiger partial charge on any atom is 0.320 e. The van der Waals surface area contributed by atoms with Gasteiger partial charge in [-0.1, -0.05) is 13.3 Å². The van der Waals surface area contributed by atoms with Crippen LogP contribution in [0, 0.1) is 5.41 Å². The van der Waals surface area contributed by atoms with Crippen molar-refractivity contribution in [3.63, 3.8) is 0 Å². The normalized spacial score (nSPS) is 27.8. The van der Waals surface area contributed by atoms with Crippen LogP contribution in [-0.2, 0) is 14.4 Å². The molecule has 0 spiro atoms. The maximum absolute atomic E-state index is 12.7. The molecule has 1 aliphatic rings. The molecule has 3 unspecified atom stereocenters. The number of carbonyl (C=O) groups is 3. The smallest absolute Gasteiger partial charge is 0.320 e. The molecule has 8 nitrogen and oxygen atoms in total. The number of rotatable bonds is 12. The molecule has 0 aromatic carbocycles. The molecule has 0 aromatic rings. The van der Waals surface area contributed by atoms with Crippen LogP contribution in [0.1, 0.15) is 65.2 Å². The van der Waals surface area contributed by atoms with Gasteiger partial charge in [-0.15, -0.1) is 0 Å². The van der Waals surface area contributed by atoms with Crippen LogP contribution in [0.4, 0.5) is 0 Å². The van der Waals surface area contributed by atoms with Gasteiger partial charge in [0.15, 0.2) is 5.78 Å². The minimum atomic E-state index is -0.978. The first-order chi connectivity index (χ1) is 12.0. The molecule has 4 atom stereocenters. The van der Waals surface area contributed by atoms with Gasteiger partial charge in [-0.25, -0.2) is 0 Å². The van der Waals surface area contributed by atoms with Crippen molar-refractivity contribution in [2.45, 2.75) is 82.8 Å². The first-order valence-corrected chi connectivity index (χ1v) is 9.24. The molecule has 7 N–H and O–H groups in total. The summed E-state index contributed by atoms with van der Waals surface area (Å²) in [6.45, 7) is 4.73. The van der Waals surface area contributed by atoms with Crippen LogP contribution < -0.4 is 16.8 Å². The summed E-state index contributed by atoms with van der Waals surface area (Å²) >= 11 is 0. The molecule has 1 aliphatic carbocycles. The summed E-state index contributed by atoms with van der Waals surface area (Å²) in [5.74, 6) is -1.98. The number of aliphatic carboxylic acids is 2. The monoisotopic (exact) mass is 371 g/mol. The molecule has 0 aliphatic heterocycles. The van der Waals surface area contributed by atoms with Crippen LogP contribution in [0.3, 0.4) is 0 Å². The summed E-state index contributed by atoms with van der Waals surface area (Å²) in [7, 11) is 0. The number of nitrogens with two attached hydrogens (primary N) is 2. The lowest BCUT2D eigenvalue weighted by Crippen LogP contribution is -2.45. The number of ketones is 1. The molecule has 8 heteroatoms. The van der Waals surface area contributed by atoms with Crippen molar-refractivity contribution >= 4 is 17.7 Å². The van der Waals surface area contributed by atoms with Crippen LogP contribution in [0.25, 0.3) is 0 Å². The fourth-order valence-corrected chi connectivity index (χ4v) is 3.81. The van der Waals surface area contributed by atoms with E-state index < -0.39 is 29.4 Å². The summed E-state index contributed by atoms with van der Waals surface area (Å²) in [4.78, 5) is 34.0. The Morgan fingerprint density at radius 3 is 2.27 bits per heavy atom. The zero-order chi connectivity index (χ0) is 20.0. The van der Waals surface area contributed by atoms with Crippen molar-refractivity contribution in [1.29, 1.82) is 0 Å². The average Bonchev–Trinajstić information content (AvgIpc) is 2.88. The Morgan fingerprint density at radius 1 is 1.04 bits per heavy atom. The third-order valence-electron chi connectivity index (χ3n) is 5.42. The third kappa shape index (κ3) is 6.66. The van der Waals surface area contributed by atoms with Crippen LogP contribution in [-0.4, -0.2) is 52.1 Å². The van der Waals surface area contributed by atoms with Gasteiger partial charge in [0.1, 0.15) is 6.04 Å². The summed E-state index contributed by atoms with van der Waals surface area (Å²) in [6, 6.07) is -1.55. The van der Waals surface area contributed by atoms with Crippen LogP contribution >= 0.6 is 0 Å². The van der Waals surface area contributed by atoms with E-state index in [0.29, 0.717) is 12.8 Å². The lowest BCUT2D eigenvalue weighted by atomic mass is 9.78. The zero-order valence-electron chi connectivity index (χ0n) is 15.8. The first-order valence-electron chi connectivity index (χ1n) is 9.24. The van der Waals surface area contributed by atoms with Crippen LogP contribution in [0.15, 0.2) is 0 Å². The Morgan fingerprint density at radius 2 is 1.69 bits per heavy atom. The summed E-state index contributed by atoms with van der Waals surface area (Å²) in [6.07, 6.45) is 4.28. The minimum Gasteiger partial charge on any atom is -0.481 e. The molecule has 150 valence electrons. The summed E-state index contributed by atoms with van der Waals surface area (Å²) in [5.41, 5.74) is 10.7. The van der Waals surface area contributed by atoms with E-state index in [1.54, 1.807) is 0 Å². The van der Waals surface area contributed by atoms with Crippen molar-refractivity contribution in [3.05, 3.63) is 0 Å². The van der Waals surface area contributed by atoms with Crippen molar-refractivity contribution in [3.8, 4) is 0 Å². The van der Waals surface area contributed by atoms with Crippen molar-refractivity contribution in [2.24, 2.45) is 16.9 Å². The maximum atomic E-state index is 12.7. The summed E-state index contributed by atoms with van der Waals surface area (Å²) < 4.78 is 0. The van der Waals surface area contributed by atoms with Gasteiger partial charge in [0.25, 0.3) is 0 Å². The first kappa shape index (κ1) is 22.5. The van der Waals surface area contributed by atoms with E-state index in [0.717, 1.165) is 32.2 Å². The summed E-state index contributed by atoms with van der Waals surface area (Å²) in [5, 5.41) is 21.0. The Kier molecular flexibility index (Phi) is 8.17. The number of nitrogens with one attached hydrogen (secondary N) is 1. The van der Waals surface area contributed by atoms with Crippen molar-refractivity contribution in [2.75, 3.05) is 6.54 Å². The Hall–Kier alpha value is -1.51. The highest BCUT2D eigenvalue weighted by atomic mass is 16.4. The van der Waals surface area contributed by atoms with E-state index in [-0.39, 0.29) is 24.2 Å². The second kappa shape index (κ2) is 9.43. The van der Waals surface area contributed by atoms with Gasteiger partial charge in [0.05, 0.1) is 6.04 Å². The standard InChI is InChI=1S/C18H33N3O5/c1-17(15(24)12(19)6-7-14(22)23)8-9-18(2,11-17)21-10-4-3-5-13(20)16(25)26/h12-13,21H,3-11,19-20H2,1-2H3,(H,22,23)(H,25,26)/t12?,13-,17?,18?/m0/s1. The van der Waals surface area contributed by atoms with E-state index in [1.807, 2.05) is 6.92 Å². The van der Waals surface area contributed by atoms with Gasteiger partial charge < -0.3 is 27.0 Å². The largest absolute Gasteiger partial charge is 0.481 e. The molecular weight excluding hydrogens is 338 g/mol. The van der Waals surface area contributed by atoms with Gasteiger partial charge in [-0.05, 0) is 52.0 Å². The molecule has 1 fully saturated rings. The van der Waals surface area contributed by atoms with Crippen molar-refractivity contribution < 1.29 is 24.6 Å². The van der Waals surface area contributed by atoms with Gasteiger partial charge in [0, 0.05) is 17.4 Å². The molecule has 0 amide bonds. The molecule has 1 saturated carbocycles. The molecule has 0 saturated heterocycles. The second-order valence-corrected chi connectivity index (χ2v) is 8.07. The quantitative estimate of drug-likeness (QED) is 0.316. The fraction of sp³-hybridized carbons (Fsp3) is 0.833. The van der Waals surface area contributed by atoms with E-state index in [1.165, 1.54) is 0 Å². The van der Waals surface area contributed by atoms with Crippen LogP contribution in [0.5, 0.6) is 0 Å². The van der Waals surface area contributed by atoms with E-state index in [9.17, 15) is 14.4 Å². The molecular formula is C18H33N3O5. The second-order valence-electron chi connectivity index (χ2n) is 8.07. The molecule has 1 rings (SSSR count). The number of unbranched alkanes of at least 4 members (excludes halogenated alkanes) is 1. The van der Waals surface area contributed by atoms with E-state index >= 15 is 0 Å². The number of hydrogen-bond acceptors (Lipinski definition) is 6. The molecule has 0 heterocycles. The topological polar surface area (TPSA) is 156 Å². The number of carbonyl (C=O) groups excluding carboxylic acids is 1. The molecule has 26 heavy (non-hydrogen) atoms. The van der Waals surface area contributed by atoms with Gasteiger partial charge >= 0.3 is 11.9 Å². The van der Waals surface area contributed by atoms with E-state index in [4.69, 9.17) is 21.7 Å². The van der Waals surface area contributed by atoms with Gasteiger partial charge in [-0.2, -0.15) is 0 Å². The zero-order valence-corrected chi connectivity index (χ0v) is 15.8. The molecule has 0 radical (unpaired) electrons. The van der Waals surface area contributed by atoms with E-state index in [2.05, 4.69) is 12.2 Å². The number of hydrogen-bond donors (Lipinski definition) is 5. The lowest BCUT2D eigenvalue weighted by Gasteiger charge is -2.30. The fourth-order valence-electron chi connectivity index (χ4n) is 3.81. The Bertz CT molecular complexity index is 527. The number of carboxylic acids is 2. The van der Waals surface area contributed by atoms with Crippen molar-refractivity contribution in [1.82, 2.24) is 5.32 Å². The molecule has 0 bridgehead atoms. The van der Waals surface area contributed by atoms with Gasteiger partial charge in [-0.3, -0.25) is 14.4 Å². The highest BCUT2D eigenvalue weighted by Gasteiger charge is 2.47. The highest BCUT2D eigenvalue weighted by Crippen LogP contribution is 2.45. The van der Waals surface area contributed by atoms with Gasteiger partial charge in [0.2, 0.25) is 0 Å². The Labute approximate surface area is 154 Å². The SMILES string of the molecule is CC1(NCCCC[C@H](N)C(=O)O)CCC(C)(C(=O)C(N)CCC(=O)O)C1. The molecule has 0 aromatic heterocycles. The predicted octanol–water partition coefficient (Wildman–Crippen LogP) is 0.868. The lowest BCUT2D eigenvalue weighted by molar-refractivity contribution is -0.139. The average molecular weight is 371 g/mol.